The molecule has 0 saturated carbocycles. The van der Waals surface area contributed by atoms with Gasteiger partial charge in [0.1, 0.15) is 0 Å². The average Bonchev–Trinajstić information content (AvgIpc) is 2.25. The maximum absolute atomic E-state index is 9.38. The van der Waals surface area contributed by atoms with Crippen LogP contribution in [0.15, 0.2) is 0 Å². The van der Waals surface area contributed by atoms with E-state index in [4.69, 9.17) is 4.74 Å². The minimum atomic E-state index is -0.544. The molecule has 1 fully saturated rings. The number of nitrogens with one attached hydrogen (secondary N) is 1. The summed E-state index contributed by atoms with van der Waals surface area (Å²) in [4.78, 5) is 0. The van der Waals surface area contributed by atoms with Crippen molar-refractivity contribution in [1.82, 2.24) is 5.32 Å². The quantitative estimate of drug-likeness (QED) is 0.651. The fraction of sp³-hybridized carbons (Fsp3) is 1.00. The van der Waals surface area contributed by atoms with Crippen molar-refractivity contribution in [2.45, 2.75) is 57.2 Å². The van der Waals surface area contributed by atoms with Crippen molar-refractivity contribution in [3.05, 3.63) is 0 Å². The van der Waals surface area contributed by atoms with Crippen LogP contribution in [0.2, 0.25) is 0 Å². The predicted octanol–water partition coefficient (Wildman–Crippen LogP) is 0.667. The molecule has 1 atom stereocenters. The summed E-state index contributed by atoms with van der Waals surface area (Å²) in [7, 11) is 0. The molecule has 0 spiro atoms. The summed E-state index contributed by atoms with van der Waals surface area (Å²) in [5.41, 5.74) is -0.654. The normalized spacial score (nSPS) is 25.7. The molecule has 1 rings (SSSR count). The number of rotatable bonds is 5. The summed E-state index contributed by atoms with van der Waals surface area (Å²) >= 11 is 0. The van der Waals surface area contributed by atoms with E-state index in [9.17, 15) is 10.2 Å². The zero-order valence-electron chi connectivity index (χ0n) is 10.6. The molecule has 0 aromatic heterocycles. The SMILES string of the molecule is CCC(CO)(CO)NC1CCOC(C)(C)C1. The molecule has 1 heterocycles. The van der Waals surface area contributed by atoms with Crippen LogP contribution >= 0.6 is 0 Å². The fourth-order valence-corrected chi connectivity index (χ4v) is 2.26. The van der Waals surface area contributed by atoms with Crippen molar-refractivity contribution in [1.29, 1.82) is 0 Å². The Labute approximate surface area is 98.0 Å². The molecule has 0 amide bonds. The van der Waals surface area contributed by atoms with Gasteiger partial charge in [0.2, 0.25) is 0 Å². The molecule has 1 aliphatic rings. The van der Waals surface area contributed by atoms with Crippen LogP contribution < -0.4 is 5.32 Å². The van der Waals surface area contributed by atoms with E-state index in [-0.39, 0.29) is 18.8 Å². The summed E-state index contributed by atoms with van der Waals surface area (Å²) in [5, 5.41) is 22.2. The van der Waals surface area contributed by atoms with Crippen molar-refractivity contribution in [2.75, 3.05) is 19.8 Å². The summed E-state index contributed by atoms with van der Waals surface area (Å²) in [6, 6.07) is 0.308. The van der Waals surface area contributed by atoms with E-state index in [1.165, 1.54) is 0 Å². The highest BCUT2D eigenvalue weighted by Crippen LogP contribution is 2.25. The van der Waals surface area contributed by atoms with Gasteiger partial charge in [0, 0.05) is 12.6 Å². The second-order valence-electron chi connectivity index (χ2n) is 5.39. The van der Waals surface area contributed by atoms with Gasteiger partial charge in [-0.05, 0) is 33.1 Å². The van der Waals surface area contributed by atoms with Crippen LogP contribution in [0.5, 0.6) is 0 Å². The van der Waals surface area contributed by atoms with Gasteiger partial charge in [0.25, 0.3) is 0 Å². The molecule has 3 N–H and O–H groups in total. The van der Waals surface area contributed by atoms with Gasteiger partial charge in [-0.1, -0.05) is 6.92 Å². The lowest BCUT2D eigenvalue weighted by Crippen LogP contribution is -2.58. The second-order valence-corrected chi connectivity index (χ2v) is 5.39. The van der Waals surface area contributed by atoms with Crippen LogP contribution in [0.3, 0.4) is 0 Å². The van der Waals surface area contributed by atoms with E-state index < -0.39 is 5.54 Å². The fourth-order valence-electron chi connectivity index (χ4n) is 2.26. The van der Waals surface area contributed by atoms with Gasteiger partial charge in [-0.15, -0.1) is 0 Å². The first kappa shape index (κ1) is 13.9. The summed E-state index contributed by atoms with van der Waals surface area (Å²) in [5.74, 6) is 0. The van der Waals surface area contributed by atoms with Crippen molar-refractivity contribution in [3.63, 3.8) is 0 Å². The lowest BCUT2D eigenvalue weighted by molar-refractivity contribution is -0.0707. The Bertz CT molecular complexity index is 206. The highest BCUT2D eigenvalue weighted by Gasteiger charge is 2.34. The summed E-state index contributed by atoms with van der Waals surface area (Å²) in [6.45, 7) is 6.81. The van der Waals surface area contributed by atoms with E-state index in [0.717, 1.165) is 25.9 Å². The molecule has 0 aliphatic carbocycles. The molecular formula is C12H25NO3. The van der Waals surface area contributed by atoms with E-state index in [0.29, 0.717) is 6.04 Å². The van der Waals surface area contributed by atoms with E-state index in [1.807, 2.05) is 6.92 Å². The molecule has 4 heteroatoms. The first-order chi connectivity index (χ1) is 7.47. The van der Waals surface area contributed by atoms with Crippen molar-refractivity contribution < 1.29 is 14.9 Å². The first-order valence-electron chi connectivity index (χ1n) is 6.10. The smallest absolute Gasteiger partial charge is 0.0647 e. The van der Waals surface area contributed by atoms with Gasteiger partial charge in [-0.2, -0.15) is 0 Å². The Kier molecular flexibility index (Phi) is 4.73. The molecule has 0 bridgehead atoms. The Balaban J connectivity index is 2.58. The van der Waals surface area contributed by atoms with Crippen LogP contribution in [0.25, 0.3) is 0 Å². The lowest BCUT2D eigenvalue weighted by atomic mass is 9.90. The Morgan fingerprint density at radius 1 is 1.38 bits per heavy atom. The van der Waals surface area contributed by atoms with E-state index >= 15 is 0 Å². The Hall–Kier alpha value is -0.160. The number of aliphatic hydroxyl groups is 2. The second kappa shape index (κ2) is 5.45. The van der Waals surface area contributed by atoms with Crippen LogP contribution in [0.4, 0.5) is 0 Å². The minimum Gasteiger partial charge on any atom is -0.394 e. The van der Waals surface area contributed by atoms with Crippen LogP contribution in [-0.4, -0.2) is 47.2 Å². The molecule has 0 aromatic carbocycles. The standard InChI is InChI=1S/C12H25NO3/c1-4-12(8-14,9-15)13-10-5-6-16-11(2,3)7-10/h10,13-15H,4-9H2,1-3H3. The van der Waals surface area contributed by atoms with Gasteiger partial charge < -0.3 is 20.3 Å². The van der Waals surface area contributed by atoms with Crippen molar-refractivity contribution in [2.24, 2.45) is 0 Å². The maximum Gasteiger partial charge on any atom is 0.0647 e. The molecule has 0 radical (unpaired) electrons. The zero-order valence-corrected chi connectivity index (χ0v) is 10.6. The highest BCUT2D eigenvalue weighted by atomic mass is 16.5. The average molecular weight is 231 g/mol. The molecule has 1 saturated heterocycles. The summed E-state index contributed by atoms with van der Waals surface area (Å²) < 4.78 is 5.65. The number of ether oxygens (including phenoxy) is 1. The van der Waals surface area contributed by atoms with Crippen LogP contribution in [0, 0.1) is 0 Å². The van der Waals surface area contributed by atoms with Gasteiger partial charge in [-0.25, -0.2) is 0 Å². The maximum atomic E-state index is 9.38. The Morgan fingerprint density at radius 2 is 2.00 bits per heavy atom. The molecule has 0 aromatic rings. The molecule has 96 valence electrons. The predicted molar refractivity (Wildman–Crippen MR) is 63.4 cm³/mol. The lowest BCUT2D eigenvalue weighted by Gasteiger charge is -2.41. The van der Waals surface area contributed by atoms with Crippen LogP contribution in [0.1, 0.15) is 40.0 Å². The van der Waals surface area contributed by atoms with Gasteiger partial charge in [0.15, 0.2) is 0 Å². The largest absolute Gasteiger partial charge is 0.394 e. The van der Waals surface area contributed by atoms with E-state index in [1.54, 1.807) is 0 Å². The van der Waals surface area contributed by atoms with Gasteiger partial charge in [0.05, 0.1) is 24.4 Å². The third-order valence-electron chi connectivity index (χ3n) is 3.49. The van der Waals surface area contributed by atoms with Gasteiger partial charge in [-0.3, -0.25) is 0 Å². The molecule has 1 unspecified atom stereocenters. The number of aliphatic hydroxyl groups excluding tert-OH is 2. The Morgan fingerprint density at radius 3 is 2.44 bits per heavy atom. The highest BCUT2D eigenvalue weighted by molar-refractivity contribution is 4.92. The van der Waals surface area contributed by atoms with Gasteiger partial charge >= 0.3 is 0 Å². The number of hydrogen-bond acceptors (Lipinski definition) is 4. The third kappa shape index (κ3) is 3.42. The molecule has 4 nitrogen and oxygen atoms in total. The monoisotopic (exact) mass is 231 g/mol. The summed E-state index contributed by atoms with van der Waals surface area (Å²) in [6.07, 6.45) is 2.57. The zero-order chi connectivity index (χ0) is 12.2. The third-order valence-corrected chi connectivity index (χ3v) is 3.49. The van der Waals surface area contributed by atoms with Crippen molar-refractivity contribution in [3.8, 4) is 0 Å². The topological polar surface area (TPSA) is 61.7 Å². The van der Waals surface area contributed by atoms with E-state index in [2.05, 4.69) is 19.2 Å². The minimum absolute atomic E-state index is 0.0300. The molecule has 1 aliphatic heterocycles. The molecular weight excluding hydrogens is 206 g/mol. The molecule has 16 heavy (non-hydrogen) atoms. The van der Waals surface area contributed by atoms with Crippen LogP contribution in [-0.2, 0) is 4.74 Å². The van der Waals surface area contributed by atoms with Crippen molar-refractivity contribution >= 4 is 0 Å². The number of hydrogen-bond donors (Lipinski definition) is 3. The first-order valence-corrected chi connectivity index (χ1v) is 6.10.